The molecule has 2 N–H and O–H groups in total. The molecule has 0 aromatic rings. The fourth-order valence-corrected chi connectivity index (χ4v) is 1.31. The summed E-state index contributed by atoms with van der Waals surface area (Å²) >= 11 is 0. The largest absolute Gasteiger partial charge is 0.387 e. The molecule has 0 heterocycles. The minimum atomic E-state index is 0.596. The lowest BCUT2D eigenvalue weighted by Crippen LogP contribution is -2.05. The van der Waals surface area contributed by atoms with Crippen LogP contribution in [0.3, 0.4) is 0 Å². The molecule has 1 unspecified atom stereocenters. The summed E-state index contributed by atoms with van der Waals surface area (Å²) in [5, 5.41) is 1.15. The van der Waals surface area contributed by atoms with Crippen molar-refractivity contribution in [3.8, 4) is 0 Å². The van der Waals surface area contributed by atoms with Crippen LogP contribution in [0.25, 0.3) is 0 Å². The van der Waals surface area contributed by atoms with Crippen LogP contribution in [0.4, 0.5) is 0 Å². The van der Waals surface area contributed by atoms with Crippen molar-refractivity contribution in [1.82, 2.24) is 0 Å². The van der Waals surface area contributed by atoms with E-state index in [9.17, 15) is 0 Å². The minimum absolute atomic E-state index is 0.596. The third kappa shape index (κ3) is 3.68. The third-order valence-corrected chi connectivity index (χ3v) is 2.62. The van der Waals surface area contributed by atoms with Crippen molar-refractivity contribution in [2.24, 2.45) is 10.7 Å². The molecule has 12 heavy (non-hydrogen) atoms. The number of hydrogen-bond acceptors (Lipinski definition) is 1. The first-order valence-corrected chi connectivity index (χ1v) is 5.34. The summed E-state index contributed by atoms with van der Waals surface area (Å²) in [4.78, 5) is 4.16. The second-order valence-electron chi connectivity index (χ2n) is 2.69. The van der Waals surface area contributed by atoms with Gasteiger partial charge in [0.25, 0.3) is 0 Å². The summed E-state index contributed by atoms with van der Waals surface area (Å²) in [6, 6.07) is 0. The van der Waals surface area contributed by atoms with Crippen LogP contribution < -0.4 is 5.73 Å². The first-order valence-electron chi connectivity index (χ1n) is 3.84. The average Bonchev–Trinajstić information content (AvgIpc) is 2.00. The van der Waals surface area contributed by atoms with E-state index in [1.807, 2.05) is 13.8 Å². The van der Waals surface area contributed by atoms with E-state index in [0.717, 1.165) is 25.2 Å². The van der Waals surface area contributed by atoms with E-state index >= 15 is 0 Å². The number of amidine groups is 1. The Bertz CT molecular complexity index is 235. The van der Waals surface area contributed by atoms with Crippen LogP contribution in [-0.4, -0.2) is 12.5 Å². The Morgan fingerprint density at radius 3 is 2.17 bits per heavy atom. The van der Waals surface area contributed by atoms with E-state index in [4.69, 9.17) is 5.73 Å². The van der Waals surface area contributed by atoms with E-state index in [1.165, 1.54) is 0 Å². The van der Waals surface area contributed by atoms with E-state index in [-0.39, 0.29) is 0 Å². The van der Waals surface area contributed by atoms with Gasteiger partial charge < -0.3 is 5.73 Å². The summed E-state index contributed by atoms with van der Waals surface area (Å²) in [5.74, 6) is 0.596. The van der Waals surface area contributed by atoms with Gasteiger partial charge in [-0.15, -0.1) is 0 Å². The molecule has 2 nitrogen and oxygen atoms in total. The molecule has 1 atom stereocenters. The van der Waals surface area contributed by atoms with E-state index < -0.39 is 0 Å². The van der Waals surface area contributed by atoms with Crippen LogP contribution in [0, 0.1) is 0 Å². The zero-order chi connectivity index (χ0) is 9.72. The molecule has 0 fully saturated rings. The molecule has 0 rings (SSSR count). The number of allylic oxidation sites excluding steroid dienone is 3. The van der Waals surface area contributed by atoms with Gasteiger partial charge in [-0.1, -0.05) is 15.2 Å². The molecule has 0 aliphatic rings. The fraction of sp³-hybridized carbons (Fsp3) is 0.444. The predicted molar refractivity (Wildman–Crippen MR) is 59.0 cm³/mol. The average molecular weight is 184 g/mol. The van der Waals surface area contributed by atoms with Gasteiger partial charge in [-0.25, -0.2) is 4.99 Å². The van der Waals surface area contributed by atoms with Crippen molar-refractivity contribution >= 4 is 14.4 Å². The van der Waals surface area contributed by atoms with Crippen molar-refractivity contribution in [2.75, 3.05) is 6.66 Å². The van der Waals surface area contributed by atoms with E-state index in [1.54, 1.807) is 6.92 Å². The molecule has 68 valence electrons. The fourth-order valence-electron chi connectivity index (χ4n) is 0.754. The molecule has 0 aromatic carbocycles. The van der Waals surface area contributed by atoms with Gasteiger partial charge in [-0.3, -0.25) is 0 Å². The number of aliphatic imine (C=N–C) groups is 1. The van der Waals surface area contributed by atoms with Gasteiger partial charge in [0.2, 0.25) is 0 Å². The maximum Gasteiger partial charge on any atom is 0.0960 e. The van der Waals surface area contributed by atoms with Gasteiger partial charge in [0.15, 0.2) is 0 Å². The normalized spacial score (nSPS) is 15.2. The number of hydrogen-bond donors (Lipinski definition) is 1. The van der Waals surface area contributed by atoms with Gasteiger partial charge >= 0.3 is 0 Å². The molecule has 3 heteroatoms. The zero-order valence-corrected chi connectivity index (χ0v) is 9.23. The van der Waals surface area contributed by atoms with Crippen LogP contribution in [0.1, 0.15) is 20.8 Å². The Balaban J connectivity index is 4.69. The molecule has 0 saturated carbocycles. The Hall–Kier alpha value is -0.620. The summed E-state index contributed by atoms with van der Waals surface area (Å²) in [6.45, 7) is 11.8. The van der Waals surface area contributed by atoms with Crippen molar-refractivity contribution in [2.45, 2.75) is 20.8 Å². The number of nitrogens with two attached hydrogens (primary N) is 1. The molecular weight excluding hydrogens is 167 g/mol. The maximum absolute atomic E-state index is 5.46. The lowest BCUT2D eigenvalue weighted by Gasteiger charge is -2.05. The zero-order valence-electron chi connectivity index (χ0n) is 8.23. The van der Waals surface area contributed by atoms with Crippen molar-refractivity contribution < 1.29 is 0 Å². The van der Waals surface area contributed by atoms with E-state index in [0.29, 0.717) is 5.84 Å². The molecule has 0 radical (unpaired) electrons. The number of nitrogens with zero attached hydrogens (tertiary/aromatic N) is 1. The van der Waals surface area contributed by atoms with Crippen LogP contribution in [0.2, 0.25) is 0 Å². The Morgan fingerprint density at radius 2 is 1.83 bits per heavy atom. The molecule has 0 aliphatic carbocycles. The van der Waals surface area contributed by atoms with Crippen LogP contribution in [-0.2, 0) is 0 Å². The monoisotopic (exact) mass is 184 g/mol. The van der Waals surface area contributed by atoms with Gasteiger partial charge in [-0.05, 0) is 38.3 Å². The van der Waals surface area contributed by atoms with Gasteiger partial charge in [0, 0.05) is 5.70 Å². The highest BCUT2D eigenvalue weighted by atomic mass is 31.1. The molecule has 0 saturated heterocycles. The molecule has 0 spiro atoms. The lowest BCUT2D eigenvalue weighted by molar-refractivity contribution is 1.21. The Labute approximate surface area is 76.4 Å². The second kappa shape index (κ2) is 5.10. The van der Waals surface area contributed by atoms with Crippen LogP contribution in [0.15, 0.2) is 28.2 Å². The summed E-state index contributed by atoms with van der Waals surface area (Å²) in [5.41, 5.74) is 7.58. The quantitative estimate of drug-likeness (QED) is 0.311. The van der Waals surface area contributed by atoms with Crippen LogP contribution >= 0.6 is 8.58 Å². The highest BCUT2D eigenvalue weighted by molar-refractivity contribution is 7.42. The summed E-state index contributed by atoms with van der Waals surface area (Å²) in [6.07, 6.45) is 0. The maximum atomic E-state index is 5.46. The van der Waals surface area contributed by atoms with Crippen LogP contribution in [0.5, 0.6) is 0 Å². The molecular formula is C9H17N2P. The molecule has 0 bridgehead atoms. The highest BCUT2D eigenvalue weighted by Gasteiger charge is 1.98. The minimum Gasteiger partial charge on any atom is -0.387 e. The lowest BCUT2D eigenvalue weighted by atomic mass is 10.2. The molecule has 0 amide bonds. The first-order chi connectivity index (χ1) is 5.49. The molecule has 0 aliphatic heterocycles. The standard InChI is InChI=1S/C9H17N2P/c1-6(8(3)12-5)7(2)11-9(4)10/h12H,3H2,1-2,4-5H3,(H2,10,11)/b7-6-. The Kier molecular flexibility index (Phi) is 4.84. The SMILES string of the molecule is C=C(PC)/C(C)=C(C)\N=C(/C)N. The highest BCUT2D eigenvalue weighted by Crippen LogP contribution is 2.26. The third-order valence-electron chi connectivity index (χ3n) is 1.64. The van der Waals surface area contributed by atoms with Crippen molar-refractivity contribution in [1.29, 1.82) is 0 Å². The summed E-state index contributed by atoms with van der Waals surface area (Å²) < 4.78 is 0. The van der Waals surface area contributed by atoms with Crippen molar-refractivity contribution in [3.05, 3.63) is 23.2 Å². The van der Waals surface area contributed by atoms with Gasteiger partial charge in [0.1, 0.15) is 0 Å². The Morgan fingerprint density at radius 1 is 1.33 bits per heavy atom. The van der Waals surface area contributed by atoms with Crippen molar-refractivity contribution in [3.63, 3.8) is 0 Å². The molecule has 0 aromatic heterocycles. The summed E-state index contributed by atoms with van der Waals surface area (Å²) in [7, 11) is 0.739. The first kappa shape index (κ1) is 11.4. The smallest absolute Gasteiger partial charge is 0.0960 e. The van der Waals surface area contributed by atoms with Gasteiger partial charge in [0.05, 0.1) is 5.84 Å². The van der Waals surface area contributed by atoms with E-state index in [2.05, 4.69) is 18.2 Å². The number of rotatable bonds is 3. The second-order valence-corrected chi connectivity index (χ2v) is 3.80. The predicted octanol–water partition coefficient (Wildman–Crippen LogP) is 2.48. The topological polar surface area (TPSA) is 38.4 Å². The van der Waals surface area contributed by atoms with Gasteiger partial charge in [-0.2, -0.15) is 0 Å².